The highest BCUT2D eigenvalue weighted by Crippen LogP contribution is 2.46. The molecule has 0 amide bonds. The molecule has 0 radical (unpaired) electrons. The fraction of sp³-hybridized carbons (Fsp3) is 0. The monoisotopic (exact) mass is 340 g/mol. The molecule has 0 bridgehead atoms. The van der Waals surface area contributed by atoms with Gasteiger partial charge >= 0.3 is 0 Å². The molecule has 1 heterocycles. The molecule has 0 saturated carbocycles. The van der Waals surface area contributed by atoms with E-state index in [1.165, 1.54) is 0 Å². The zero-order valence-corrected chi connectivity index (χ0v) is 11.2. The molecule has 2 aromatic carbocycles. The lowest BCUT2D eigenvalue weighted by molar-refractivity contribution is 0.359. The lowest BCUT2D eigenvalue weighted by Crippen LogP contribution is -1.98. The molecule has 0 fully saturated rings. The Hall–Kier alpha value is -1.00. The molecule has 0 N–H and O–H groups in total. The van der Waals surface area contributed by atoms with Crippen LogP contribution >= 0.6 is 31.9 Å². The maximum Gasteiger partial charge on any atom is 0.171 e. The van der Waals surface area contributed by atoms with Gasteiger partial charge in [-0.1, -0.05) is 31.9 Å². The Kier molecular flexibility index (Phi) is 2.41. The molecule has 16 heavy (non-hydrogen) atoms. The lowest BCUT2D eigenvalue weighted by atomic mass is 10.2. The third-order valence-electron chi connectivity index (χ3n) is 2.25. The Bertz CT molecular complexity index is 515. The van der Waals surface area contributed by atoms with E-state index in [1.54, 1.807) is 0 Å². The Balaban J connectivity index is 2.09. The molecule has 2 aromatic rings. The van der Waals surface area contributed by atoms with Crippen molar-refractivity contribution in [1.82, 2.24) is 0 Å². The first-order chi connectivity index (χ1) is 7.72. The van der Waals surface area contributed by atoms with Gasteiger partial charge in [0, 0.05) is 8.95 Å². The van der Waals surface area contributed by atoms with E-state index in [-0.39, 0.29) is 0 Å². The standard InChI is InChI=1S/C12H6Br2O2/c13-7-1-3-9-11(5-7)16-10-4-2-8(14)6-12(10)15-9/h1-6H. The Morgan fingerprint density at radius 2 is 1.06 bits per heavy atom. The van der Waals surface area contributed by atoms with Gasteiger partial charge in [-0.2, -0.15) is 0 Å². The average Bonchev–Trinajstić information content (AvgIpc) is 2.26. The molecule has 0 atom stereocenters. The smallest absolute Gasteiger partial charge is 0.171 e. The normalized spacial score (nSPS) is 12.1. The summed E-state index contributed by atoms with van der Waals surface area (Å²) in [6, 6.07) is 11.4. The van der Waals surface area contributed by atoms with Gasteiger partial charge in [0.25, 0.3) is 0 Å². The molecule has 0 aliphatic carbocycles. The summed E-state index contributed by atoms with van der Waals surface area (Å²) in [5.41, 5.74) is 0. The molecule has 0 aromatic heterocycles. The summed E-state index contributed by atoms with van der Waals surface area (Å²) in [7, 11) is 0. The van der Waals surface area contributed by atoms with E-state index in [9.17, 15) is 0 Å². The van der Waals surface area contributed by atoms with Gasteiger partial charge in [0.15, 0.2) is 23.0 Å². The minimum Gasteiger partial charge on any atom is -0.449 e. The van der Waals surface area contributed by atoms with E-state index in [0.29, 0.717) is 0 Å². The molecule has 3 rings (SSSR count). The van der Waals surface area contributed by atoms with Crippen molar-refractivity contribution in [2.45, 2.75) is 0 Å². The van der Waals surface area contributed by atoms with Crippen molar-refractivity contribution >= 4 is 31.9 Å². The van der Waals surface area contributed by atoms with Gasteiger partial charge in [0.1, 0.15) is 0 Å². The van der Waals surface area contributed by atoms with Crippen LogP contribution in [-0.4, -0.2) is 0 Å². The van der Waals surface area contributed by atoms with Crippen molar-refractivity contribution in [1.29, 1.82) is 0 Å². The van der Waals surface area contributed by atoms with Crippen molar-refractivity contribution in [3.05, 3.63) is 45.3 Å². The van der Waals surface area contributed by atoms with Crippen molar-refractivity contribution in [2.75, 3.05) is 0 Å². The van der Waals surface area contributed by atoms with Crippen molar-refractivity contribution < 1.29 is 9.47 Å². The quantitative estimate of drug-likeness (QED) is 0.565. The average molecular weight is 342 g/mol. The lowest BCUT2D eigenvalue weighted by Gasteiger charge is -2.20. The summed E-state index contributed by atoms with van der Waals surface area (Å²) >= 11 is 6.80. The minimum atomic E-state index is 0.726. The number of fused-ring (bicyclic) bond motifs is 2. The second kappa shape index (κ2) is 3.79. The summed E-state index contributed by atoms with van der Waals surface area (Å²) < 4.78 is 13.4. The molecular formula is C12H6Br2O2. The van der Waals surface area contributed by atoms with Crippen molar-refractivity contribution in [2.24, 2.45) is 0 Å². The number of halogens is 2. The number of hydrogen-bond acceptors (Lipinski definition) is 2. The van der Waals surface area contributed by atoms with Crippen LogP contribution in [0.3, 0.4) is 0 Å². The Morgan fingerprint density at radius 3 is 1.50 bits per heavy atom. The second-order valence-electron chi connectivity index (χ2n) is 3.39. The van der Waals surface area contributed by atoms with Gasteiger partial charge in [-0.05, 0) is 36.4 Å². The maximum absolute atomic E-state index is 5.74. The van der Waals surface area contributed by atoms with Crippen LogP contribution in [0.2, 0.25) is 0 Å². The molecule has 1 aliphatic heterocycles. The van der Waals surface area contributed by atoms with Gasteiger partial charge in [0.2, 0.25) is 0 Å². The predicted octanol–water partition coefficient (Wildman–Crippen LogP) is 5.11. The molecule has 1 aliphatic rings. The highest BCUT2D eigenvalue weighted by Gasteiger charge is 2.18. The minimum absolute atomic E-state index is 0.726. The summed E-state index contributed by atoms with van der Waals surface area (Å²) in [6.45, 7) is 0. The van der Waals surface area contributed by atoms with E-state index in [2.05, 4.69) is 31.9 Å². The topological polar surface area (TPSA) is 18.5 Å². The molecular weight excluding hydrogens is 336 g/mol. The van der Waals surface area contributed by atoms with Crippen molar-refractivity contribution in [3.63, 3.8) is 0 Å². The largest absolute Gasteiger partial charge is 0.449 e. The Morgan fingerprint density at radius 1 is 0.625 bits per heavy atom. The van der Waals surface area contributed by atoms with Crippen molar-refractivity contribution in [3.8, 4) is 23.0 Å². The van der Waals surface area contributed by atoms with Gasteiger partial charge in [-0.15, -0.1) is 0 Å². The zero-order valence-electron chi connectivity index (χ0n) is 8.04. The van der Waals surface area contributed by atoms with E-state index >= 15 is 0 Å². The molecule has 80 valence electrons. The van der Waals surface area contributed by atoms with Crippen LogP contribution in [0.4, 0.5) is 0 Å². The third-order valence-corrected chi connectivity index (χ3v) is 3.24. The molecule has 2 nitrogen and oxygen atoms in total. The summed E-state index contributed by atoms with van der Waals surface area (Å²) in [5, 5.41) is 0. The van der Waals surface area contributed by atoms with E-state index in [0.717, 1.165) is 31.9 Å². The van der Waals surface area contributed by atoms with Crippen LogP contribution in [0.5, 0.6) is 23.0 Å². The van der Waals surface area contributed by atoms with Gasteiger partial charge in [0.05, 0.1) is 0 Å². The fourth-order valence-corrected chi connectivity index (χ4v) is 2.21. The van der Waals surface area contributed by atoms with Gasteiger partial charge < -0.3 is 9.47 Å². The summed E-state index contributed by atoms with van der Waals surface area (Å²) in [6.07, 6.45) is 0. The first-order valence-corrected chi connectivity index (χ1v) is 6.26. The summed E-state index contributed by atoms with van der Waals surface area (Å²) in [5.74, 6) is 2.91. The SMILES string of the molecule is Brc1ccc2c(c1)Oc1ccc(Br)cc1O2. The molecule has 0 unspecified atom stereocenters. The predicted molar refractivity (Wildman–Crippen MR) is 68.4 cm³/mol. The van der Waals surface area contributed by atoms with Crippen LogP contribution in [0.25, 0.3) is 0 Å². The summed E-state index contributed by atoms with van der Waals surface area (Å²) in [4.78, 5) is 0. The highest BCUT2D eigenvalue weighted by molar-refractivity contribution is 9.10. The number of benzene rings is 2. The number of rotatable bonds is 0. The molecule has 0 saturated heterocycles. The first kappa shape index (κ1) is 10.2. The van der Waals surface area contributed by atoms with Crippen LogP contribution < -0.4 is 9.47 Å². The maximum atomic E-state index is 5.74. The second-order valence-corrected chi connectivity index (χ2v) is 5.22. The highest BCUT2D eigenvalue weighted by atomic mass is 79.9. The van der Waals surface area contributed by atoms with E-state index in [4.69, 9.17) is 9.47 Å². The third kappa shape index (κ3) is 1.72. The number of ether oxygens (including phenoxy) is 2. The van der Waals surface area contributed by atoms with Crippen LogP contribution in [0.1, 0.15) is 0 Å². The van der Waals surface area contributed by atoms with Gasteiger partial charge in [-0.25, -0.2) is 0 Å². The van der Waals surface area contributed by atoms with Crippen LogP contribution in [0.15, 0.2) is 45.3 Å². The van der Waals surface area contributed by atoms with Crippen LogP contribution in [-0.2, 0) is 0 Å². The number of hydrogen-bond donors (Lipinski definition) is 0. The zero-order chi connectivity index (χ0) is 11.1. The molecule has 0 spiro atoms. The first-order valence-electron chi connectivity index (χ1n) is 4.67. The van der Waals surface area contributed by atoms with E-state index in [1.807, 2.05) is 36.4 Å². The van der Waals surface area contributed by atoms with Gasteiger partial charge in [-0.3, -0.25) is 0 Å². The fourth-order valence-electron chi connectivity index (χ4n) is 1.53. The Labute approximate surface area is 109 Å². The van der Waals surface area contributed by atoms with Crippen LogP contribution in [0, 0.1) is 0 Å². The molecule has 4 heteroatoms. The van der Waals surface area contributed by atoms with E-state index < -0.39 is 0 Å².